The van der Waals surface area contributed by atoms with E-state index in [0.717, 1.165) is 11.5 Å². The zero-order valence-electron chi connectivity index (χ0n) is 10.3. The van der Waals surface area contributed by atoms with E-state index >= 15 is 0 Å². The third kappa shape index (κ3) is 3.81. The lowest BCUT2D eigenvalue weighted by atomic mass is 10.3. The molecular weight excluding hydrogens is 224 g/mol. The summed E-state index contributed by atoms with van der Waals surface area (Å²) in [6, 6.07) is 19.5. The van der Waals surface area contributed by atoms with Crippen molar-refractivity contribution in [1.29, 1.82) is 0 Å². The van der Waals surface area contributed by atoms with Gasteiger partial charge in [0, 0.05) is 0 Å². The van der Waals surface area contributed by atoms with Crippen molar-refractivity contribution in [3.63, 3.8) is 0 Å². The van der Waals surface area contributed by atoms with Gasteiger partial charge in [-0.3, -0.25) is 0 Å². The standard InChI is InChI=1S/C16H17O2/c1-2-14(18-16-11-7-4-8-12-16)13-17-15-9-5-3-6-10-15/h3-12,14H,1-2,13H2. The number of hydrogen-bond donors (Lipinski definition) is 0. The molecule has 18 heavy (non-hydrogen) atoms. The third-order valence-electron chi connectivity index (χ3n) is 2.55. The molecule has 0 aliphatic rings. The summed E-state index contributed by atoms with van der Waals surface area (Å²) in [5.41, 5.74) is 0. The van der Waals surface area contributed by atoms with Gasteiger partial charge in [0.1, 0.15) is 24.2 Å². The Kier molecular flexibility index (Phi) is 4.65. The van der Waals surface area contributed by atoms with Crippen molar-refractivity contribution in [1.82, 2.24) is 0 Å². The molecule has 2 aromatic carbocycles. The summed E-state index contributed by atoms with van der Waals surface area (Å²) in [4.78, 5) is 0. The molecule has 1 atom stereocenters. The Hall–Kier alpha value is -1.96. The second kappa shape index (κ2) is 6.70. The smallest absolute Gasteiger partial charge is 0.133 e. The first-order chi connectivity index (χ1) is 8.88. The molecule has 2 nitrogen and oxygen atoms in total. The van der Waals surface area contributed by atoms with Crippen molar-refractivity contribution < 1.29 is 9.47 Å². The van der Waals surface area contributed by atoms with Gasteiger partial charge in [-0.15, -0.1) is 0 Å². The molecule has 93 valence electrons. The summed E-state index contributed by atoms with van der Waals surface area (Å²) in [6.45, 7) is 4.39. The van der Waals surface area contributed by atoms with Crippen LogP contribution in [0.1, 0.15) is 6.42 Å². The van der Waals surface area contributed by atoms with Gasteiger partial charge in [-0.05, 0) is 37.6 Å². The average Bonchev–Trinajstić information content (AvgIpc) is 2.45. The van der Waals surface area contributed by atoms with Crippen LogP contribution in [0, 0.1) is 6.92 Å². The molecule has 2 rings (SSSR count). The van der Waals surface area contributed by atoms with Gasteiger partial charge in [-0.1, -0.05) is 36.4 Å². The number of hydrogen-bond acceptors (Lipinski definition) is 2. The van der Waals surface area contributed by atoms with Crippen LogP contribution in [0.4, 0.5) is 0 Å². The van der Waals surface area contributed by atoms with E-state index in [1.54, 1.807) is 0 Å². The lowest BCUT2D eigenvalue weighted by Crippen LogP contribution is -2.24. The topological polar surface area (TPSA) is 18.5 Å². The molecule has 0 fully saturated rings. The van der Waals surface area contributed by atoms with Gasteiger partial charge < -0.3 is 9.47 Å². The minimum Gasteiger partial charge on any atom is -0.490 e. The summed E-state index contributed by atoms with van der Waals surface area (Å²) in [6.07, 6.45) is 0.634. The highest BCUT2D eigenvalue weighted by Crippen LogP contribution is 2.14. The van der Waals surface area contributed by atoms with E-state index in [4.69, 9.17) is 9.47 Å². The van der Waals surface area contributed by atoms with Gasteiger partial charge in [-0.2, -0.15) is 0 Å². The molecule has 0 spiro atoms. The van der Waals surface area contributed by atoms with Crippen molar-refractivity contribution in [2.45, 2.75) is 12.5 Å². The number of rotatable bonds is 6. The van der Waals surface area contributed by atoms with Crippen LogP contribution < -0.4 is 9.47 Å². The molecule has 0 aromatic heterocycles. The predicted molar refractivity (Wildman–Crippen MR) is 72.8 cm³/mol. The van der Waals surface area contributed by atoms with Crippen LogP contribution in [-0.4, -0.2) is 12.7 Å². The van der Waals surface area contributed by atoms with Crippen LogP contribution in [-0.2, 0) is 0 Å². The Bertz CT molecular complexity index is 439. The second-order valence-electron chi connectivity index (χ2n) is 3.97. The third-order valence-corrected chi connectivity index (χ3v) is 2.55. The SMILES string of the molecule is [CH2]CC(COc1ccccc1)Oc1ccccc1. The van der Waals surface area contributed by atoms with Crippen LogP contribution in [0.25, 0.3) is 0 Å². The van der Waals surface area contributed by atoms with Crippen LogP contribution in [0.5, 0.6) is 11.5 Å². The van der Waals surface area contributed by atoms with Gasteiger partial charge >= 0.3 is 0 Å². The van der Waals surface area contributed by atoms with Gasteiger partial charge in [0.25, 0.3) is 0 Å². The molecule has 0 bridgehead atoms. The minimum absolute atomic E-state index is 0.0346. The van der Waals surface area contributed by atoms with Crippen molar-refractivity contribution in [2.24, 2.45) is 0 Å². The second-order valence-corrected chi connectivity index (χ2v) is 3.97. The van der Waals surface area contributed by atoms with Crippen LogP contribution >= 0.6 is 0 Å². The first-order valence-electron chi connectivity index (χ1n) is 6.07. The summed E-state index contributed by atoms with van der Waals surface area (Å²) < 4.78 is 11.5. The van der Waals surface area contributed by atoms with Crippen LogP contribution in [0.15, 0.2) is 60.7 Å². The number of para-hydroxylation sites is 2. The summed E-state index contributed by atoms with van der Waals surface area (Å²) in [7, 11) is 0. The monoisotopic (exact) mass is 241 g/mol. The molecule has 0 amide bonds. The lowest BCUT2D eigenvalue weighted by molar-refractivity contribution is 0.130. The summed E-state index contributed by atoms with van der Waals surface area (Å²) >= 11 is 0. The molecule has 2 heteroatoms. The van der Waals surface area contributed by atoms with Crippen LogP contribution in [0.3, 0.4) is 0 Å². The number of benzene rings is 2. The van der Waals surface area contributed by atoms with E-state index < -0.39 is 0 Å². The Balaban J connectivity index is 1.86. The summed E-state index contributed by atoms with van der Waals surface area (Å²) in [5, 5.41) is 0. The quantitative estimate of drug-likeness (QED) is 0.767. The predicted octanol–water partition coefficient (Wildman–Crippen LogP) is 3.74. The Labute approximate surface area is 108 Å². The van der Waals surface area contributed by atoms with Crippen LogP contribution in [0.2, 0.25) is 0 Å². The maximum atomic E-state index is 5.80. The molecule has 0 heterocycles. The van der Waals surface area contributed by atoms with Crippen molar-refractivity contribution in [3.05, 3.63) is 67.6 Å². The molecule has 2 aromatic rings. The molecule has 0 aliphatic heterocycles. The fourth-order valence-corrected chi connectivity index (χ4v) is 1.57. The van der Waals surface area contributed by atoms with Gasteiger partial charge in [0.05, 0.1) is 0 Å². The molecule has 0 saturated carbocycles. The first-order valence-corrected chi connectivity index (χ1v) is 6.07. The highest BCUT2D eigenvalue weighted by molar-refractivity contribution is 5.22. The molecular formula is C16H17O2. The average molecular weight is 241 g/mol. The molecule has 1 radical (unpaired) electrons. The van der Waals surface area contributed by atoms with Crippen molar-refractivity contribution in [2.75, 3.05) is 6.61 Å². The van der Waals surface area contributed by atoms with E-state index in [9.17, 15) is 0 Å². The Morgan fingerprint density at radius 1 is 0.833 bits per heavy atom. The van der Waals surface area contributed by atoms with Gasteiger partial charge in [0.2, 0.25) is 0 Å². The van der Waals surface area contributed by atoms with E-state index in [-0.39, 0.29) is 6.10 Å². The lowest BCUT2D eigenvalue weighted by Gasteiger charge is -2.18. The fraction of sp³-hybridized carbons (Fsp3) is 0.188. The zero-order valence-corrected chi connectivity index (χ0v) is 10.3. The van der Waals surface area contributed by atoms with Gasteiger partial charge in [-0.25, -0.2) is 0 Å². The normalized spacial score (nSPS) is 11.8. The highest BCUT2D eigenvalue weighted by Gasteiger charge is 2.08. The van der Waals surface area contributed by atoms with E-state index in [1.807, 2.05) is 60.7 Å². The molecule has 0 N–H and O–H groups in total. The molecule has 1 unspecified atom stereocenters. The maximum absolute atomic E-state index is 5.80. The van der Waals surface area contributed by atoms with E-state index in [0.29, 0.717) is 13.0 Å². The highest BCUT2D eigenvalue weighted by atomic mass is 16.5. The molecule has 0 aliphatic carbocycles. The zero-order chi connectivity index (χ0) is 12.6. The maximum Gasteiger partial charge on any atom is 0.133 e. The van der Waals surface area contributed by atoms with Crippen molar-refractivity contribution >= 4 is 0 Å². The largest absolute Gasteiger partial charge is 0.490 e. The molecule has 0 saturated heterocycles. The van der Waals surface area contributed by atoms with Gasteiger partial charge in [0.15, 0.2) is 0 Å². The Morgan fingerprint density at radius 2 is 1.39 bits per heavy atom. The van der Waals surface area contributed by atoms with Crippen molar-refractivity contribution in [3.8, 4) is 11.5 Å². The summed E-state index contributed by atoms with van der Waals surface area (Å²) in [5.74, 6) is 1.70. The minimum atomic E-state index is -0.0346. The van der Waals surface area contributed by atoms with E-state index in [1.165, 1.54) is 0 Å². The first kappa shape index (κ1) is 12.5. The fourth-order valence-electron chi connectivity index (χ4n) is 1.57. The Morgan fingerprint density at radius 3 is 1.94 bits per heavy atom. The van der Waals surface area contributed by atoms with E-state index in [2.05, 4.69) is 6.92 Å². The number of ether oxygens (including phenoxy) is 2.